The molecule has 35 heavy (non-hydrogen) atoms. The molecule has 0 radical (unpaired) electrons. The Morgan fingerprint density at radius 3 is 2.66 bits per heavy atom. The number of amides is 1. The van der Waals surface area contributed by atoms with Crippen LogP contribution < -0.4 is 21.5 Å². The lowest BCUT2D eigenvalue weighted by Crippen LogP contribution is -2.50. The van der Waals surface area contributed by atoms with Gasteiger partial charge in [-0.2, -0.15) is 9.61 Å². The summed E-state index contributed by atoms with van der Waals surface area (Å²) in [5, 5.41) is 23.2. The van der Waals surface area contributed by atoms with Crippen molar-refractivity contribution in [3.63, 3.8) is 0 Å². The van der Waals surface area contributed by atoms with Crippen LogP contribution >= 0.6 is 0 Å². The fourth-order valence-corrected chi connectivity index (χ4v) is 4.85. The van der Waals surface area contributed by atoms with Crippen molar-refractivity contribution in [1.29, 1.82) is 0 Å². The Hall–Kier alpha value is -3.44. The van der Waals surface area contributed by atoms with E-state index in [1.54, 1.807) is 30.9 Å². The molecule has 3 aromatic rings. The Labute approximate surface area is 202 Å². The van der Waals surface area contributed by atoms with Crippen LogP contribution in [0.25, 0.3) is 5.65 Å². The molecule has 0 aromatic carbocycles. The highest BCUT2D eigenvalue weighted by Gasteiger charge is 2.31. The number of hydrogen-bond acceptors (Lipinski definition) is 8. The Balaban J connectivity index is 1.42. The zero-order valence-corrected chi connectivity index (χ0v) is 19.9. The van der Waals surface area contributed by atoms with E-state index in [2.05, 4.69) is 26.0 Å². The number of anilines is 3. The highest BCUT2D eigenvalue weighted by molar-refractivity contribution is 6.00. The third-order valence-electron chi connectivity index (χ3n) is 7.13. The van der Waals surface area contributed by atoms with E-state index < -0.39 is 6.10 Å². The number of carbonyl (C=O) groups excluding carboxylic acids is 1. The van der Waals surface area contributed by atoms with Crippen LogP contribution in [0.3, 0.4) is 0 Å². The lowest BCUT2D eigenvalue weighted by molar-refractivity contribution is 0.0448. The molecular weight excluding hydrogens is 450 g/mol. The third kappa shape index (κ3) is 4.48. The summed E-state index contributed by atoms with van der Waals surface area (Å²) in [5.41, 5.74) is 0.930. The number of ether oxygens (including phenoxy) is 1. The predicted molar refractivity (Wildman–Crippen MR) is 131 cm³/mol. The summed E-state index contributed by atoms with van der Waals surface area (Å²) in [6.45, 7) is 0. The number of methoxy groups -OCH3 is 1. The van der Waals surface area contributed by atoms with E-state index in [0.717, 1.165) is 32.1 Å². The maximum absolute atomic E-state index is 13.3. The van der Waals surface area contributed by atoms with E-state index in [0.29, 0.717) is 35.0 Å². The van der Waals surface area contributed by atoms with Crippen molar-refractivity contribution in [2.45, 2.75) is 62.8 Å². The van der Waals surface area contributed by atoms with Gasteiger partial charge in [-0.25, -0.2) is 4.98 Å². The van der Waals surface area contributed by atoms with Gasteiger partial charge >= 0.3 is 0 Å². The van der Waals surface area contributed by atoms with Crippen LogP contribution in [0.1, 0.15) is 54.9 Å². The highest BCUT2D eigenvalue weighted by atomic mass is 16.5. The van der Waals surface area contributed by atoms with Crippen molar-refractivity contribution in [2.75, 3.05) is 24.8 Å². The molecule has 4 N–H and O–H groups in total. The number of carbonyl (C=O) groups is 1. The zero-order valence-electron chi connectivity index (χ0n) is 19.9. The normalized spacial score (nSPS) is 24.1. The molecule has 2 saturated carbocycles. The molecule has 2 atom stereocenters. The van der Waals surface area contributed by atoms with Crippen molar-refractivity contribution < 1.29 is 14.6 Å². The van der Waals surface area contributed by atoms with Gasteiger partial charge in [-0.3, -0.25) is 9.59 Å². The molecule has 0 aliphatic heterocycles. The largest absolute Gasteiger partial charge is 0.391 e. The van der Waals surface area contributed by atoms with Gasteiger partial charge in [-0.15, -0.1) is 0 Å². The third-order valence-corrected chi connectivity index (χ3v) is 7.13. The van der Waals surface area contributed by atoms with Gasteiger partial charge in [-0.05, 0) is 50.7 Å². The summed E-state index contributed by atoms with van der Waals surface area (Å²) >= 11 is 0. The SMILES string of the molecule is CNc1cc(Nc2cccn([C@H]3CC[C@H](OC)CC3)c2=O)nc2c(C(=O)N[C@@H]3CC[C@H]3O)cnn12. The Bertz CT molecular complexity index is 1280. The smallest absolute Gasteiger partial charge is 0.274 e. The zero-order chi connectivity index (χ0) is 24.5. The Morgan fingerprint density at radius 2 is 2.00 bits per heavy atom. The van der Waals surface area contributed by atoms with Crippen LogP contribution in [0.5, 0.6) is 0 Å². The molecular formula is C24H31N7O4. The number of aromatic nitrogens is 4. The van der Waals surface area contributed by atoms with Gasteiger partial charge in [0.2, 0.25) is 0 Å². The second-order valence-corrected chi connectivity index (χ2v) is 9.22. The molecule has 11 nitrogen and oxygen atoms in total. The molecule has 0 unspecified atom stereocenters. The van der Waals surface area contributed by atoms with Crippen LogP contribution in [0.2, 0.25) is 0 Å². The summed E-state index contributed by atoms with van der Waals surface area (Å²) < 4.78 is 8.78. The number of pyridine rings is 1. The molecule has 2 aliphatic carbocycles. The summed E-state index contributed by atoms with van der Waals surface area (Å²) in [6.07, 6.45) is 8.07. The van der Waals surface area contributed by atoms with Gasteiger partial charge in [0.25, 0.3) is 11.5 Å². The maximum Gasteiger partial charge on any atom is 0.274 e. The average molecular weight is 482 g/mol. The maximum atomic E-state index is 13.3. The minimum absolute atomic E-state index is 0.119. The number of aliphatic hydroxyl groups is 1. The highest BCUT2D eigenvalue weighted by Crippen LogP contribution is 2.29. The molecule has 11 heteroatoms. The fraction of sp³-hybridized carbons (Fsp3) is 0.500. The topological polar surface area (TPSA) is 135 Å². The molecule has 186 valence electrons. The van der Waals surface area contributed by atoms with Crippen LogP contribution in [0, 0.1) is 0 Å². The van der Waals surface area contributed by atoms with Crippen LogP contribution in [0.15, 0.2) is 35.4 Å². The molecule has 3 aromatic heterocycles. The molecule has 1 amide bonds. The number of hydrogen-bond donors (Lipinski definition) is 4. The number of nitrogens with zero attached hydrogens (tertiary/aromatic N) is 4. The van der Waals surface area contributed by atoms with Crippen LogP contribution in [-0.4, -0.2) is 62.6 Å². The number of aliphatic hydroxyl groups excluding tert-OH is 1. The first-order valence-electron chi connectivity index (χ1n) is 12.0. The van der Waals surface area contributed by atoms with Gasteiger partial charge in [0.1, 0.15) is 22.9 Å². The van der Waals surface area contributed by atoms with Crippen molar-refractivity contribution in [1.82, 2.24) is 24.5 Å². The summed E-state index contributed by atoms with van der Waals surface area (Å²) in [5.74, 6) is 0.677. The van der Waals surface area contributed by atoms with E-state index in [1.807, 2.05) is 12.3 Å². The fourth-order valence-electron chi connectivity index (χ4n) is 4.85. The van der Waals surface area contributed by atoms with Crippen LogP contribution in [-0.2, 0) is 4.74 Å². The van der Waals surface area contributed by atoms with Crippen molar-refractivity contribution >= 4 is 28.9 Å². The molecule has 0 bridgehead atoms. The number of nitrogens with one attached hydrogen (secondary N) is 3. The van der Waals surface area contributed by atoms with Gasteiger partial charge in [-0.1, -0.05) is 0 Å². The van der Waals surface area contributed by atoms with Crippen molar-refractivity contribution in [3.8, 4) is 0 Å². The average Bonchev–Trinajstić information content (AvgIpc) is 3.31. The lowest BCUT2D eigenvalue weighted by Gasteiger charge is -2.32. The summed E-state index contributed by atoms with van der Waals surface area (Å²) in [6, 6.07) is 5.19. The number of rotatable bonds is 7. The molecule has 5 rings (SSSR count). The molecule has 3 heterocycles. The van der Waals surface area contributed by atoms with Crippen molar-refractivity contribution in [3.05, 3.63) is 46.5 Å². The Kier molecular flexibility index (Phi) is 6.44. The standard InChI is InChI=1S/C24H31N7O4/c1-25-21-12-20(29-22-16(13-26-31(21)22)23(33)28-17-9-10-19(17)32)27-18-4-3-11-30(24(18)34)14-5-7-15(35-2)8-6-14/h3-4,11-15,17,19,25,32H,5-10H2,1-2H3,(H,27,29)(H,28,33)/t14-,15-,17-,19-/m1/s1. The Morgan fingerprint density at radius 1 is 1.20 bits per heavy atom. The van der Waals surface area contributed by atoms with E-state index in [4.69, 9.17) is 4.74 Å². The predicted octanol–water partition coefficient (Wildman–Crippen LogP) is 2.06. The second kappa shape index (κ2) is 9.67. The van der Waals surface area contributed by atoms with Crippen molar-refractivity contribution in [2.24, 2.45) is 0 Å². The summed E-state index contributed by atoms with van der Waals surface area (Å²) in [7, 11) is 3.48. The van der Waals surface area contributed by atoms with E-state index >= 15 is 0 Å². The first-order chi connectivity index (χ1) is 17.0. The lowest BCUT2D eigenvalue weighted by atomic mass is 9.89. The van der Waals surface area contributed by atoms with E-state index in [9.17, 15) is 14.7 Å². The first-order valence-corrected chi connectivity index (χ1v) is 12.0. The molecule has 0 spiro atoms. The summed E-state index contributed by atoms with van der Waals surface area (Å²) in [4.78, 5) is 30.7. The molecule has 2 fully saturated rings. The number of fused-ring (bicyclic) bond motifs is 1. The first kappa shape index (κ1) is 23.3. The molecule has 2 aliphatic rings. The van der Waals surface area contributed by atoms with Crippen LogP contribution in [0.4, 0.5) is 17.3 Å². The van der Waals surface area contributed by atoms with E-state index in [1.165, 1.54) is 10.7 Å². The second-order valence-electron chi connectivity index (χ2n) is 9.22. The minimum Gasteiger partial charge on any atom is -0.391 e. The van der Waals surface area contributed by atoms with Gasteiger partial charge in [0, 0.05) is 32.5 Å². The molecule has 0 saturated heterocycles. The monoisotopic (exact) mass is 481 g/mol. The minimum atomic E-state index is -0.524. The quantitative estimate of drug-likeness (QED) is 0.403. The van der Waals surface area contributed by atoms with Gasteiger partial charge in [0.05, 0.1) is 24.4 Å². The van der Waals surface area contributed by atoms with E-state index in [-0.39, 0.29) is 29.7 Å². The van der Waals surface area contributed by atoms with Gasteiger partial charge in [0.15, 0.2) is 5.65 Å². The van der Waals surface area contributed by atoms with Gasteiger partial charge < -0.3 is 30.4 Å².